The molecule has 2 heterocycles. The summed E-state index contributed by atoms with van der Waals surface area (Å²) in [6.07, 6.45) is 0. The van der Waals surface area contributed by atoms with Gasteiger partial charge >= 0.3 is 0 Å². The number of aromatic nitrogens is 3. The maximum Gasteiger partial charge on any atom is 0.194 e. The van der Waals surface area contributed by atoms with Crippen LogP contribution in [-0.4, -0.2) is 26.2 Å². The number of hydrogen-bond donors (Lipinski definition) is 0. The first-order valence-electron chi connectivity index (χ1n) is 7.95. The standard InChI is InChI=1S/C18H15F3N4/c19-14-8-12(9-15(20)17(14)21)10-24-6-7-25-16(11-24)22-23-18(25)13-4-2-1-3-5-13/h1-5,8-9H,6-7,10-11H2. The molecule has 0 spiro atoms. The van der Waals surface area contributed by atoms with Gasteiger partial charge in [0, 0.05) is 25.2 Å². The summed E-state index contributed by atoms with van der Waals surface area (Å²) in [5.74, 6) is -2.15. The highest BCUT2D eigenvalue weighted by Crippen LogP contribution is 2.23. The predicted octanol–water partition coefficient (Wildman–Crippen LogP) is 3.38. The molecule has 25 heavy (non-hydrogen) atoms. The van der Waals surface area contributed by atoms with E-state index in [2.05, 4.69) is 14.8 Å². The Kier molecular flexibility index (Phi) is 4.01. The first kappa shape index (κ1) is 15.8. The van der Waals surface area contributed by atoms with Gasteiger partial charge in [-0.2, -0.15) is 0 Å². The third kappa shape index (κ3) is 3.02. The zero-order valence-corrected chi connectivity index (χ0v) is 13.3. The third-order valence-corrected chi connectivity index (χ3v) is 4.31. The fourth-order valence-electron chi connectivity index (χ4n) is 3.10. The van der Waals surface area contributed by atoms with Crippen molar-refractivity contribution in [3.05, 3.63) is 71.3 Å². The van der Waals surface area contributed by atoms with E-state index in [0.29, 0.717) is 31.7 Å². The lowest BCUT2D eigenvalue weighted by molar-refractivity contribution is 0.209. The van der Waals surface area contributed by atoms with E-state index in [0.717, 1.165) is 29.3 Å². The Morgan fingerprint density at radius 2 is 1.64 bits per heavy atom. The molecule has 0 fully saturated rings. The summed E-state index contributed by atoms with van der Waals surface area (Å²) < 4.78 is 41.8. The van der Waals surface area contributed by atoms with Gasteiger partial charge < -0.3 is 4.57 Å². The quantitative estimate of drug-likeness (QED) is 0.683. The summed E-state index contributed by atoms with van der Waals surface area (Å²) >= 11 is 0. The molecular formula is C18H15F3N4. The van der Waals surface area contributed by atoms with E-state index in [1.54, 1.807) is 0 Å². The molecule has 3 aromatic rings. The molecule has 4 rings (SSSR count). The van der Waals surface area contributed by atoms with Crippen LogP contribution in [0.15, 0.2) is 42.5 Å². The maximum atomic E-state index is 13.4. The molecule has 1 aliphatic rings. The molecule has 2 aromatic carbocycles. The van der Waals surface area contributed by atoms with Crippen LogP contribution in [0.4, 0.5) is 13.2 Å². The van der Waals surface area contributed by atoms with E-state index in [-0.39, 0.29) is 0 Å². The van der Waals surface area contributed by atoms with Gasteiger partial charge in [-0.15, -0.1) is 10.2 Å². The minimum Gasteiger partial charge on any atom is -0.309 e. The van der Waals surface area contributed by atoms with Crippen molar-refractivity contribution in [2.24, 2.45) is 0 Å². The molecule has 128 valence electrons. The van der Waals surface area contributed by atoms with Gasteiger partial charge in [0.2, 0.25) is 0 Å². The molecule has 0 amide bonds. The van der Waals surface area contributed by atoms with Crippen molar-refractivity contribution in [2.45, 2.75) is 19.6 Å². The van der Waals surface area contributed by atoms with Crippen LogP contribution in [0.3, 0.4) is 0 Å². The highest BCUT2D eigenvalue weighted by atomic mass is 19.2. The SMILES string of the molecule is Fc1cc(CN2CCn3c(nnc3-c3ccccc3)C2)cc(F)c1F. The lowest BCUT2D eigenvalue weighted by Crippen LogP contribution is -2.33. The monoisotopic (exact) mass is 344 g/mol. The lowest BCUT2D eigenvalue weighted by Gasteiger charge is -2.27. The molecule has 4 nitrogen and oxygen atoms in total. The second-order valence-electron chi connectivity index (χ2n) is 6.04. The van der Waals surface area contributed by atoms with Crippen LogP contribution in [0.5, 0.6) is 0 Å². The molecule has 0 saturated carbocycles. The Bertz CT molecular complexity index is 885. The minimum absolute atomic E-state index is 0.321. The molecule has 0 radical (unpaired) electrons. The average Bonchev–Trinajstić information content (AvgIpc) is 3.03. The number of nitrogens with zero attached hydrogens (tertiary/aromatic N) is 4. The summed E-state index contributed by atoms with van der Waals surface area (Å²) in [5.41, 5.74) is 1.39. The predicted molar refractivity (Wildman–Crippen MR) is 85.9 cm³/mol. The van der Waals surface area contributed by atoms with Crippen LogP contribution in [0.1, 0.15) is 11.4 Å². The van der Waals surface area contributed by atoms with Gasteiger partial charge in [0.25, 0.3) is 0 Å². The maximum absolute atomic E-state index is 13.4. The number of hydrogen-bond acceptors (Lipinski definition) is 3. The second kappa shape index (κ2) is 6.33. The normalized spacial score (nSPS) is 14.5. The molecule has 0 N–H and O–H groups in total. The van der Waals surface area contributed by atoms with Crippen LogP contribution in [0.2, 0.25) is 0 Å². The van der Waals surface area contributed by atoms with Gasteiger partial charge in [-0.25, -0.2) is 13.2 Å². The van der Waals surface area contributed by atoms with E-state index in [4.69, 9.17) is 0 Å². The molecule has 7 heteroatoms. The van der Waals surface area contributed by atoms with E-state index < -0.39 is 17.5 Å². The Balaban J connectivity index is 1.54. The number of fused-ring (bicyclic) bond motifs is 1. The van der Waals surface area contributed by atoms with Crippen LogP contribution in [0.25, 0.3) is 11.4 Å². The summed E-state index contributed by atoms with van der Waals surface area (Å²) in [6, 6.07) is 11.9. The Morgan fingerprint density at radius 1 is 0.920 bits per heavy atom. The number of rotatable bonds is 3. The highest BCUT2D eigenvalue weighted by molar-refractivity contribution is 5.55. The summed E-state index contributed by atoms with van der Waals surface area (Å²) in [5, 5.41) is 8.50. The molecular weight excluding hydrogens is 329 g/mol. The van der Waals surface area contributed by atoms with E-state index in [9.17, 15) is 13.2 Å². The largest absolute Gasteiger partial charge is 0.309 e. The zero-order valence-electron chi connectivity index (χ0n) is 13.3. The average molecular weight is 344 g/mol. The summed E-state index contributed by atoms with van der Waals surface area (Å²) in [6.45, 7) is 2.20. The molecule has 0 bridgehead atoms. The first-order chi connectivity index (χ1) is 12.1. The van der Waals surface area contributed by atoms with Gasteiger partial charge in [-0.05, 0) is 17.7 Å². The van der Waals surface area contributed by atoms with Gasteiger partial charge in [-0.3, -0.25) is 4.90 Å². The van der Waals surface area contributed by atoms with E-state index >= 15 is 0 Å². The lowest BCUT2D eigenvalue weighted by atomic mass is 10.1. The number of benzene rings is 2. The summed E-state index contributed by atoms with van der Waals surface area (Å²) in [4.78, 5) is 2.00. The van der Waals surface area contributed by atoms with Crippen LogP contribution >= 0.6 is 0 Å². The van der Waals surface area contributed by atoms with Crippen molar-refractivity contribution in [3.8, 4) is 11.4 Å². The Morgan fingerprint density at radius 3 is 2.36 bits per heavy atom. The van der Waals surface area contributed by atoms with Crippen molar-refractivity contribution in [3.63, 3.8) is 0 Å². The molecule has 1 aliphatic heterocycles. The van der Waals surface area contributed by atoms with Crippen LogP contribution in [-0.2, 0) is 19.6 Å². The molecule has 1 aromatic heterocycles. The fraction of sp³-hybridized carbons (Fsp3) is 0.222. The third-order valence-electron chi connectivity index (χ3n) is 4.31. The van der Waals surface area contributed by atoms with Crippen LogP contribution in [0, 0.1) is 17.5 Å². The second-order valence-corrected chi connectivity index (χ2v) is 6.04. The first-order valence-corrected chi connectivity index (χ1v) is 7.95. The minimum atomic E-state index is -1.44. The van der Waals surface area contributed by atoms with Crippen molar-refractivity contribution in [1.29, 1.82) is 0 Å². The smallest absolute Gasteiger partial charge is 0.194 e. The molecule has 0 unspecified atom stereocenters. The van der Waals surface area contributed by atoms with Crippen molar-refractivity contribution >= 4 is 0 Å². The topological polar surface area (TPSA) is 34.0 Å². The Labute approximate surface area is 142 Å². The fourth-order valence-corrected chi connectivity index (χ4v) is 3.10. The van der Waals surface area contributed by atoms with Gasteiger partial charge in [-0.1, -0.05) is 30.3 Å². The van der Waals surface area contributed by atoms with E-state index in [1.807, 2.05) is 35.2 Å². The molecule has 0 aliphatic carbocycles. The summed E-state index contributed by atoms with van der Waals surface area (Å²) in [7, 11) is 0. The van der Waals surface area contributed by atoms with Gasteiger partial charge in [0.05, 0.1) is 6.54 Å². The number of halogens is 3. The molecule has 0 atom stereocenters. The highest BCUT2D eigenvalue weighted by Gasteiger charge is 2.22. The van der Waals surface area contributed by atoms with Crippen molar-refractivity contribution in [2.75, 3.05) is 6.54 Å². The van der Waals surface area contributed by atoms with Gasteiger partial charge in [0.1, 0.15) is 5.82 Å². The van der Waals surface area contributed by atoms with Crippen molar-refractivity contribution < 1.29 is 13.2 Å². The zero-order chi connectivity index (χ0) is 17.4. The van der Waals surface area contributed by atoms with E-state index in [1.165, 1.54) is 0 Å². The van der Waals surface area contributed by atoms with Crippen LogP contribution < -0.4 is 0 Å². The van der Waals surface area contributed by atoms with Gasteiger partial charge in [0.15, 0.2) is 23.3 Å². The Hall–Kier alpha value is -2.67. The van der Waals surface area contributed by atoms with Crippen molar-refractivity contribution in [1.82, 2.24) is 19.7 Å². The molecule has 0 saturated heterocycles.